The third-order valence-electron chi connectivity index (χ3n) is 6.30. The van der Waals surface area contributed by atoms with Gasteiger partial charge >= 0.3 is 0 Å². The molecule has 0 amide bonds. The van der Waals surface area contributed by atoms with Crippen molar-refractivity contribution < 1.29 is 0 Å². The Balaban J connectivity index is 1.60. The Labute approximate surface area is 201 Å². The van der Waals surface area contributed by atoms with Crippen LogP contribution in [0.5, 0.6) is 0 Å². The predicted octanol–water partition coefficient (Wildman–Crippen LogP) is 6.85. The van der Waals surface area contributed by atoms with E-state index >= 15 is 0 Å². The van der Waals surface area contributed by atoms with E-state index < -0.39 is 0 Å². The van der Waals surface area contributed by atoms with Crippen LogP contribution in [0.2, 0.25) is 0 Å². The van der Waals surface area contributed by atoms with Crippen molar-refractivity contribution >= 4 is 32.7 Å². The van der Waals surface area contributed by atoms with Crippen molar-refractivity contribution in [3.63, 3.8) is 0 Å². The Morgan fingerprint density at radius 3 is 1.89 bits per heavy atom. The number of hydrogen-bond acceptors (Lipinski definition) is 4. The number of aromatic nitrogens is 5. The molecular weight excluding hydrogens is 430 g/mol. The summed E-state index contributed by atoms with van der Waals surface area (Å²) >= 11 is 0. The molecule has 35 heavy (non-hydrogen) atoms. The average Bonchev–Trinajstić information content (AvgIpc) is 3.29. The first-order valence-corrected chi connectivity index (χ1v) is 11.5. The summed E-state index contributed by atoms with van der Waals surface area (Å²) in [6, 6.07) is 36.7. The lowest BCUT2D eigenvalue weighted by atomic mass is 10.1. The van der Waals surface area contributed by atoms with Crippen LogP contribution in [0.1, 0.15) is 0 Å². The van der Waals surface area contributed by atoms with E-state index in [-0.39, 0.29) is 0 Å². The molecule has 0 N–H and O–H groups in total. The molecule has 0 bridgehead atoms. The summed E-state index contributed by atoms with van der Waals surface area (Å²) in [6.07, 6.45) is 1.85. The van der Waals surface area contributed by atoms with Crippen LogP contribution in [0.4, 0.5) is 0 Å². The zero-order chi connectivity index (χ0) is 23.2. The first-order valence-electron chi connectivity index (χ1n) is 11.5. The number of nitrogens with zero attached hydrogens (tertiary/aromatic N) is 5. The van der Waals surface area contributed by atoms with Gasteiger partial charge in [0.25, 0.3) is 0 Å². The summed E-state index contributed by atoms with van der Waals surface area (Å²) in [5, 5.41) is 3.32. The SMILES string of the molecule is c1ccc(-c2nc(-c3ccccc3)nc(-n3c4ccccc4c4c5ncccc5ccc43)n2)cc1. The predicted molar refractivity (Wildman–Crippen MR) is 140 cm³/mol. The minimum atomic E-state index is 0.583. The van der Waals surface area contributed by atoms with Crippen LogP contribution >= 0.6 is 0 Å². The number of hydrogen-bond donors (Lipinski definition) is 0. The van der Waals surface area contributed by atoms with Gasteiger partial charge in [-0.25, -0.2) is 4.98 Å². The first-order chi connectivity index (χ1) is 17.4. The Bertz CT molecular complexity index is 1780. The van der Waals surface area contributed by atoms with Crippen LogP contribution in [0.15, 0.2) is 115 Å². The lowest BCUT2D eigenvalue weighted by Gasteiger charge is -2.11. The third-order valence-corrected chi connectivity index (χ3v) is 6.30. The first kappa shape index (κ1) is 19.6. The molecule has 3 heterocycles. The van der Waals surface area contributed by atoms with Gasteiger partial charge in [-0.15, -0.1) is 0 Å². The molecule has 4 aromatic carbocycles. The lowest BCUT2D eigenvalue weighted by Crippen LogP contribution is -2.06. The van der Waals surface area contributed by atoms with Crippen molar-refractivity contribution in [2.75, 3.05) is 0 Å². The maximum absolute atomic E-state index is 4.97. The van der Waals surface area contributed by atoms with Crippen molar-refractivity contribution in [2.45, 2.75) is 0 Å². The fraction of sp³-hybridized carbons (Fsp3) is 0. The quantitative estimate of drug-likeness (QED) is 0.296. The molecule has 0 aliphatic heterocycles. The molecule has 5 heteroatoms. The van der Waals surface area contributed by atoms with E-state index in [1.165, 1.54) is 0 Å². The maximum atomic E-state index is 4.97. The van der Waals surface area contributed by atoms with Gasteiger partial charge in [0.2, 0.25) is 5.95 Å². The molecule has 164 valence electrons. The summed E-state index contributed by atoms with van der Waals surface area (Å²) in [7, 11) is 0. The molecule has 0 aliphatic rings. The summed E-state index contributed by atoms with van der Waals surface area (Å²) in [6.45, 7) is 0. The number of pyridine rings is 1. The second-order valence-corrected chi connectivity index (χ2v) is 8.40. The number of benzene rings is 4. The third kappa shape index (κ3) is 3.17. The molecular formula is C30H19N5. The minimum absolute atomic E-state index is 0.583. The zero-order valence-electron chi connectivity index (χ0n) is 18.7. The van der Waals surface area contributed by atoms with Gasteiger partial charge in [-0.05, 0) is 18.2 Å². The molecule has 3 aromatic heterocycles. The van der Waals surface area contributed by atoms with Crippen LogP contribution < -0.4 is 0 Å². The Morgan fingerprint density at radius 1 is 0.514 bits per heavy atom. The van der Waals surface area contributed by atoms with E-state index in [0.717, 1.165) is 43.8 Å². The highest BCUT2D eigenvalue weighted by molar-refractivity contribution is 6.19. The molecule has 7 aromatic rings. The number of rotatable bonds is 3. The van der Waals surface area contributed by atoms with Crippen LogP contribution in [0, 0.1) is 0 Å². The molecule has 5 nitrogen and oxygen atoms in total. The Morgan fingerprint density at radius 2 is 1.17 bits per heavy atom. The second-order valence-electron chi connectivity index (χ2n) is 8.40. The van der Waals surface area contributed by atoms with E-state index in [9.17, 15) is 0 Å². The van der Waals surface area contributed by atoms with Crippen molar-refractivity contribution in [2.24, 2.45) is 0 Å². The summed E-state index contributed by atoms with van der Waals surface area (Å²) < 4.78 is 2.12. The molecule has 0 saturated heterocycles. The molecule has 0 spiro atoms. The highest BCUT2D eigenvalue weighted by atomic mass is 15.2. The minimum Gasteiger partial charge on any atom is -0.278 e. The van der Waals surface area contributed by atoms with Crippen molar-refractivity contribution in [3.8, 4) is 28.7 Å². The Kier molecular flexibility index (Phi) is 4.39. The van der Waals surface area contributed by atoms with E-state index in [1.807, 2.05) is 79.0 Å². The largest absolute Gasteiger partial charge is 0.278 e. The highest BCUT2D eigenvalue weighted by Crippen LogP contribution is 2.35. The van der Waals surface area contributed by atoms with E-state index in [4.69, 9.17) is 19.9 Å². The highest BCUT2D eigenvalue weighted by Gasteiger charge is 2.19. The van der Waals surface area contributed by atoms with Crippen molar-refractivity contribution in [1.82, 2.24) is 24.5 Å². The molecule has 7 rings (SSSR count). The van der Waals surface area contributed by atoms with Crippen molar-refractivity contribution in [1.29, 1.82) is 0 Å². The standard InChI is InChI=1S/C30H19N5/c1-3-10-21(11-4-1)28-32-29(22-12-5-2-6-13-22)34-30(33-28)35-24-16-8-7-15-23(24)26-25(35)18-17-20-14-9-19-31-27(20)26/h1-19H. The summed E-state index contributed by atoms with van der Waals surface area (Å²) in [5.41, 5.74) is 4.91. The van der Waals surface area contributed by atoms with Gasteiger partial charge < -0.3 is 0 Å². The molecule has 0 unspecified atom stereocenters. The number of para-hydroxylation sites is 1. The molecule has 0 radical (unpaired) electrons. The molecule has 0 fully saturated rings. The average molecular weight is 450 g/mol. The van der Waals surface area contributed by atoms with Gasteiger partial charge in [0.1, 0.15) is 0 Å². The van der Waals surface area contributed by atoms with Gasteiger partial charge in [-0.3, -0.25) is 9.55 Å². The number of fused-ring (bicyclic) bond motifs is 5. The molecule has 0 aliphatic carbocycles. The van der Waals surface area contributed by atoms with Gasteiger partial charge in [-0.1, -0.05) is 91.0 Å². The summed E-state index contributed by atoms with van der Waals surface area (Å²) in [5.74, 6) is 1.86. The monoisotopic (exact) mass is 449 g/mol. The maximum Gasteiger partial charge on any atom is 0.238 e. The van der Waals surface area contributed by atoms with Gasteiger partial charge in [0, 0.05) is 33.5 Å². The van der Waals surface area contributed by atoms with Crippen LogP contribution in [0.25, 0.3) is 61.4 Å². The van der Waals surface area contributed by atoms with Crippen LogP contribution in [0.3, 0.4) is 0 Å². The topological polar surface area (TPSA) is 56.5 Å². The molecule has 0 atom stereocenters. The van der Waals surface area contributed by atoms with E-state index in [1.54, 1.807) is 0 Å². The van der Waals surface area contributed by atoms with Gasteiger partial charge in [0.05, 0.1) is 16.6 Å². The molecule has 0 saturated carbocycles. The van der Waals surface area contributed by atoms with E-state index in [2.05, 4.69) is 41.0 Å². The normalized spacial score (nSPS) is 11.4. The van der Waals surface area contributed by atoms with Gasteiger partial charge in [0.15, 0.2) is 11.6 Å². The zero-order valence-corrected chi connectivity index (χ0v) is 18.7. The Hall–Kier alpha value is -4.90. The van der Waals surface area contributed by atoms with Crippen molar-refractivity contribution in [3.05, 3.63) is 115 Å². The smallest absolute Gasteiger partial charge is 0.238 e. The fourth-order valence-corrected chi connectivity index (χ4v) is 4.71. The second kappa shape index (κ2) is 7.85. The van der Waals surface area contributed by atoms with Crippen LogP contribution in [-0.4, -0.2) is 24.5 Å². The van der Waals surface area contributed by atoms with Crippen LogP contribution in [-0.2, 0) is 0 Å². The van der Waals surface area contributed by atoms with E-state index in [0.29, 0.717) is 17.6 Å². The summed E-state index contributed by atoms with van der Waals surface area (Å²) in [4.78, 5) is 19.5. The fourth-order valence-electron chi connectivity index (χ4n) is 4.71. The lowest BCUT2D eigenvalue weighted by molar-refractivity contribution is 0.953. The van der Waals surface area contributed by atoms with Gasteiger partial charge in [-0.2, -0.15) is 9.97 Å².